The Morgan fingerprint density at radius 1 is 1.28 bits per heavy atom. The molecule has 1 rings (SSSR count). The van der Waals surface area contributed by atoms with Crippen LogP contribution in [0.4, 0.5) is 0 Å². The van der Waals surface area contributed by atoms with Crippen LogP contribution >= 0.6 is 0 Å². The summed E-state index contributed by atoms with van der Waals surface area (Å²) in [4.78, 5) is 8.58. The fourth-order valence-corrected chi connectivity index (χ4v) is 1.72. The molecule has 1 amide bonds. The van der Waals surface area contributed by atoms with Crippen LogP contribution in [0, 0.1) is 0 Å². The Kier molecular flexibility index (Phi) is 14.5. The lowest BCUT2D eigenvalue weighted by molar-refractivity contribution is -0.106. The quantitative estimate of drug-likeness (QED) is 0.797. The molecule has 1 unspecified atom stereocenters. The van der Waals surface area contributed by atoms with E-state index >= 15 is 0 Å². The van der Waals surface area contributed by atoms with Gasteiger partial charge in [0.2, 0.25) is 6.41 Å². The first kappa shape index (κ1) is 19.0. The van der Waals surface area contributed by atoms with Crippen LogP contribution < -0.4 is 5.73 Å². The van der Waals surface area contributed by atoms with Crippen LogP contribution in [-0.2, 0) is 11.2 Å². The first-order valence-corrected chi connectivity index (χ1v) is 6.93. The second kappa shape index (κ2) is 13.8. The predicted octanol–water partition coefficient (Wildman–Crippen LogP) is 4.28. The summed E-state index contributed by atoms with van der Waals surface area (Å²) < 4.78 is 0. The van der Waals surface area contributed by atoms with Gasteiger partial charge in [0.25, 0.3) is 0 Å². The fourth-order valence-electron chi connectivity index (χ4n) is 1.72. The van der Waals surface area contributed by atoms with Gasteiger partial charge in [-0.25, -0.2) is 0 Å². The highest BCUT2D eigenvalue weighted by Gasteiger charge is 2.03. The molecule has 0 fully saturated rings. The lowest BCUT2D eigenvalue weighted by atomic mass is 9.95. The summed E-state index contributed by atoms with van der Waals surface area (Å²) in [6.07, 6.45) is 3.97. The third-order valence-electron chi connectivity index (χ3n) is 2.65. The van der Waals surface area contributed by atoms with Crippen molar-refractivity contribution in [1.82, 2.24) is 0 Å². The first-order valence-electron chi connectivity index (χ1n) is 6.93. The number of rotatable bonds is 4. The molecule has 2 nitrogen and oxygen atoms in total. The first-order chi connectivity index (χ1) is 8.69. The number of carbonyl (C=O) groups excluding carboxylic acids is 1. The molecule has 0 aliphatic carbocycles. The van der Waals surface area contributed by atoms with Gasteiger partial charge in [-0.15, -0.1) is 0 Å². The van der Waals surface area contributed by atoms with Gasteiger partial charge in [-0.1, -0.05) is 65.3 Å². The highest BCUT2D eigenvalue weighted by atomic mass is 16.1. The smallest absolute Gasteiger partial charge is 0.204 e. The van der Waals surface area contributed by atoms with E-state index in [0.29, 0.717) is 0 Å². The molecule has 0 aliphatic heterocycles. The van der Waals surface area contributed by atoms with Crippen molar-refractivity contribution in [2.24, 2.45) is 5.73 Å². The van der Waals surface area contributed by atoms with Crippen molar-refractivity contribution in [3.05, 3.63) is 35.4 Å². The van der Waals surface area contributed by atoms with Crippen molar-refractivity contribution in [3.63, 3.8) is 0 Å². The molecule has 0 radical (unpaired) electrons. The molecule has 2 heteroatoms. The summed E-state index contributed by atoms with van der Waals surface area (Å²) in [6, 6.07) is 8.99. The Morgan fingerprint density at radius 2 is 1.83 bits per heavy atom. The van der Waals surface area contributed by atoms with Crippen LogP contribution in [0.15, 0.2) is 24.3 Å². The van der Waals surface area contributed by atoms with E-state index in [1.807, 2.05) is 13.8 Å². The standard InChI is InChI=1S/C13H20.C2H6.CH3NO/c1-4-7-11(3)13-9-6-8-12(5-2)10-13;1-2;2-1-3/h6,8-11H,4-5,7H2,1-3H3;1-2H3;1H,(H2,2,3). The minimum atomic E-state index is 0.250. The highest BCUT2D eigenvalue weighted by molar-refractivity contribution is 5.42. The maximum absolute atomic E-state index is 8.58. The SMILES string of the molecule is CC.CCCC(C)c1cccc(CC)c1.NC=O. The summed E-state index contributed by atoms with van der Waals surface area (Å²) >= 11 is 0. The zero-order valence-corrected chi connectivity index (χ0v) is 12.6. The molecule has 0 saturated heterocycles. The van der Waals surface area contributed by atoms with Gasteiger partial charge in [-0.2, -0.15) is 0 Å². The van der Waals surface area contributed by atoms with Crippen LogP contribution in [0.5, 0.6) is 0 Å². The van der Waals surface area contributed by atoms with Crippen molar-refractivity contribution in [1.29, 1.82) is 0 Å². The summed E-state index contributed by atoms with van der Waals surface area (Å²) in [6.45, 7) is 10.8. The highest BCUT2D eigenvalue weighted by Crippen LogP contribution is 2.21. The molecule has 104 valence electrons. The van der Waals surface area contributed by atoms with Gasteiger partial charge in [-0.3, -0.25) is 4.79 Å². The van der Waals surface area contributed by atoms with E-state index in [9.17, 15) is 0 Å². The molecule has 0 spiro atoms. The zero-order chi connectivity index (χ0) is 14.4. The van der Waals surface area contributed by atoms with Crippen LogP contribution in [0.25, 0.3) is 0 Å². The van der Waals surface area contributed by atoms with Crippen LogP contribution in [-0.4, -0.2) is 6.41 Å². The lowest BCUT2D eigenvalue weighted by Gasteiger charge is -2.11. The summed E-state index contributed by atoms with van der Waals surface area (Å²) in [5.74, 6) is 0.719. The molecule has 1 atom stereocenters. The maximum atomic E-state index is 8.58. The average molecular weight is 251 g/mol. The molecule has 2 N–H and O–H groups in total. The van der Waals surface area contributed by atoms with Crippen molar-refractivity contribution in [2.45, 2.75) is 59.8 Å². The number of benzene rings is 1. The van der Waals surface area contributed by atoms with Gasteiger partial charge in [0.15, 0.2) is 0 Å². The Hall–Kier alpha value is -1.31. The van der Waals surface area contributed by atoms with Gasteiger partial charge >= 0.3 is 0 Å². The largest absolute Gasteiger partial charge is 0.372 e. The van der Waals surface area contributed by atoms with E-state index < -0.39 is 0 Å². The third-order valence-corrected chi connectivity index (χ3v) is 2.65. The summed E-state index contributed by atoms with van der Waals surface area (Å²) in [5.41, 5.74) is 7.13. The van der Waals surface area contributed by atoms with E-state index in [1.165, 1.54) is 24.0 Å². The minimum Gasteiger partial charge on any atom is -0.372 e. The Labute approximate surface area is 113 Å². The Morgan fingerprint density at radius 3 is 2.28 bits per heavy atom. The molecule has 1 aromatic carbocycles. The van der Waals surface area contributed by atoms with Crippen molar-refractivity contribution in [2.75, 3.05) is 0 Å². The number of carbonyl (C=O) groups is 1. The van der Waals surface area contributed by atoms with Gasteiger partial charge in [0.05, 0.1) is 0 Å². The number of hydrogen-bond donors (Lipinski definition) is 1. The molecule has 1 aromatic rings. The second-order valence-electron chi connectivity index (χ2n) is 3.92. The summed E-state index contributed by atoms with van der Waals surface area (Å²) in [7, 11) is 0. The molecular formula is C16H29NO. The zero-order valence-electron chi connectivity index (χ0n) is 12.6. The third kappa shape index (κ3) is 8.80. The number of aryl methyl sites for hydroxylation is 1. The topological polar surface area (TPSA) is 43.1 Å². The van der Waals surface area contributed by atoms with E-state index in [2.05, 4.69) is 50.8 Å². The molecule has 0 bridgehead atoms. The van der Waals surface area contributed by atoms with Gasteiger partial charge in [-0.05, 0) is 29.9 Å². The minimum absolute atomic E-state index is 0.250. The number of hydrogen-bond acceptors (Lipinski definition) is 1. The lowest BCUT2D eigenvalue weighted by Crippen LogP contribution is -1.93. The molecule has 0 aromatic heterocycles. The molecule has 0 saturated carbocycles. The van der Waals surface area contributed by atoms with Crippen LogP contribution in [0.1, 0.15) is 64.5 Å². The van der Waals surface area contributed by atoms with Crippen molar-refractivity contribution in [3.8, 4) is 0 Å². The summed E-state index contributed by atoms with van der Waals surface area (Å²) in [5, 5.41) is 0. The molecular weight excluding hydrogens is 222 g/mol. The van der Waals surface area contributed by atoms with E-state index in [-0.39, 0.29) is 6.41 Å². The second-order valence-corrected chi connectivity index (χ2v) is 3.92. The van der Waals surface area contributed by atoms with Crippen LogP contribution in [0.2, 0.25) is 0 Å². The number of amides is 1. The van der Waals surface area contributed by atoms with Gasteiger partial charge < -0.3 is 5.73 Å². The number of primary amides is 1. The number of nitrogens with two attached hydrogens (primary N) is 1. The van der Waals surface area contributed by atoms with Gasteiger partial charge in [0, 0.05) is 0 Å². The van der Waals surface area contributed by atoms with Crippen molar-refractivity contribution >= 4 is 6.41 Å². The maximum Gasteiger partial charge on any atom is 0.204 e. The monoisotopic (exact) mass is 251 g/mol. The van der Waals surface area contributed by atoms with Crippen molar-refractivity contribution < 1.29 is 4.79 Å². The molecule has 0 aliphatic rings. The van der Waals surface area contributed by atoms with Crippen LogP contribution in [0.3, 0.4) is 0 Å². The molecule has 0 heterocycles. The Bertz CT molecular complexity index is 297. The Balaban J connectivity index is 0. The normalized spacial score (nSPS) is 10.3. The van der Waals surface area contributed by atoms with Gasteiger partial charge in [0.1, 0.15) is 0 Å². The average Bonchev–Trinajstić information content (AvgIpc) is 2.42. The van der Waals surface area contributed by atoms with E-state index in [0.717, 1.165) is 12.3 Å². The molecule has 18 heavy (non-hydrogen) atoms. The van der Waals surface area contributed by atoms with E-state index in [1.54, 1.807) is 0 Å². The van der Waals surface area contributed by atoms with E-state index in [4.69, 9.17) is 4.79 Å². The fraction of sp³-hybridized carbons (Fsp3) is 0.562. The predicted molar refractivity (Wildman–Crippen MR) is 80.7 cm³/mol.